The molecular weight excluding hydrogens is 328 g/mol. The van der Waals surface area contributed by atoms with Crippen molar-refractivity contribution in [2.45, 2.75) is 38.6 Å². The van der Waals surface area contributed by atoms with Crippen LogP contribution in [-0.4, -0.2) is 30.4 Å². The first-order valence-electron chi connectivity index (χ1n) is 9.30. The molecule has 0 bridgehead atoms. The summed E-state index contributed by atoms with van der Waals surface area (Å²) in [5.41, 5.74) is 1.22. The van der Waals surface area contributed by atoms with Gasteiger partial charge in [0.05, 0.1) is 6.04 Å². The summed E-state index contributed by atoms with van der Waals surface area (Å²) in [6.45, 7) is 5.30. The molecule has 1 amide bonds. The number of likely N-dealkylation sites (tertiary alicyclic amines) is 1. The number of thiophene rings is 1. The first-order valence-corrected chi connectivity index (χ1v) is 10.2. The second kappa shape index (κ2) is 9.16. The van der Waals surface area contributed by atoms with Crippen LogP contribution in [0.2, 0.25) is 0 Å². The maximum Gasteiger partial charge on any atom is 0.220 e. The minimum absolute atomic E-state index is 0.149. The van der Waals surface area contributed by atoms with Crippen molar-refractivity contribution in [2.75, 3.05) is 19.6 Å². The van der Waals surface area contributed by atoms with Crippen molar-refractivity contribution >= 4 is 17.2 Å². The summed E-state index contributed by atoms with van der Waals surface area (Å²) in [5, 5.41) is 5.31. The number of benzene rings is 1. The molecule has 1 aromatic heterocycles. The summed E-state index contributed by atoms with van der Waals surface area (Å²) in [6, 6.07) is 14.8. The third kappa shape index (κ3) is 5.41. The molecule has 0 saturated carbocycles. The fourth-order valence-corrected chi connectivity index (χ4v) is 4.29. The minimum Gasteiger partial charge on any atom is -0.354 e. The average molecular weight is 357 g/mol. The topological polar surface area (TPSA) is 32.3 Å². The van der Waals surface area contributed by atoms with Crippen molar-refractivity contribution in [1.82, 2.24) is 10.2 Å². The van der Waals surface area contributed by atoms with Crippen LogP contribution in [-0.2, 0) is 11.2 Å². The quantitative estimate of drug-likeness (QED) is 0.803. The third-order valence-electron chi connectivity index (χ3n) is 5.11. The van der Waals surface area contributed by atoms with Crippen LogP contribution < -0.4 is 5.32 Å². The molecule has 0 radical (unpaired) electrons. The number of hydrogen-bond donors (Lipinski definition) is 1. The molecule has 1 fully saturated rings. The number of piperidine rings is 1. The molecule has 1 aliphatic rings. The van der Waals surface area contributed by atoms with Gasteiger partial charge in [-0.05, 0) is 55.3 Å². The molecule has 1 aromatic carbocycles. The Morgan fingerprint density at radius 3 is 2.64 bits per heavy atom. The normalized spacial score (nSPS) is 17.3. The van der Waals surface area contributed by atoms with E-state index >= 15 is 0 Å². The van der Waals surface area contributed by atoms with Crippen molar-refractivity contribution in [3.05, 3.63) is 58.3 Å². The minimum atomic E-state index is 0.149. The molecule has 1 N–H and O–H groups in total. The van der Waals surface area contributed by atoms with Crippen molar-refractivity contribution in [3.63, 3.8) is 0 Å². The van der Waals surface area contributed by atoms with Crippen molar-refractivity contribution in [1.29, 1.82) is 0 Å². The molecule has 3 nitrogen and oxygen atoms in total. The van der Waals surface area contributed by atoms with Crippen molar-refractivity contribution in [2.24, 2.45) is 5.92 Å². The highest BCUT2D eigenvalue weighted by atomic mass is 32.1. The lowest BCUT2D eigenvalue weighted by Crippen LogP contribution is -2.41. The Morgan fingerprint density at radius 2 is 1.96 bits per heavy atom. The lowest BCUT2D eigenvalue weighted by Gasteiger charge is -2.36. The monoisotopic (exact) mass is 356 g/mol. The van der Waals surface area contributed by atoms with Gasteiger partial charge in [-0.3, -0.25) is 9.69 Å². The first kappa shape index (κ1) is 18.2. The lowest BCUT2D eigenvalue weighted by atomic mass is 9.97. The van der Waals surface area contributed by atoms with E-state index in [1.807, 2.05) is 18.2 Å². The molecule has 1 aliphatic heterocycles. The van der Waals surface area contributed by atoms with E-state index in [0.29, 0.717) is 19.0 Å². The van der Waals surface area contributed by atoms with Crippen LogP contribution >= 0.6 is 11.3 Å². The second-order valence-electron chi connectivity index (χ2n) is 7.04. The Kier molecular flexibility index (Phi) is 6.65. The maximum atomic E-state index is 12.3. The van der Waals surface area contributed by atoms with Gasteiger partial charge < -0.3 is 5.32 Å². The van der Waals surface area contributed by atoms with Crippen LogP contribution in [0.1, 0.15) is 42.7 Å². The molecule has 0 spiro atoms. The second-order valence-corrected chi connectivity index (χ2v) is 8.02. The van der Waals surface area contributed by atoms with E-state index in [-0.39, 0.29) is 5.91 Å². The van der Waals surface area contributed by atoms with Gasteiger partial charge in [0.25, 0.3) is 0 Å². The summed E-state index contributed by atoms with van der Waals surface area (Å²) in [5.74, 6) is 0.969. The number of aryl methyl sites for hydroxylation is 1. The van der Waals surface area contributed by atoms with Gasteiger partial charge in [0.15, 0.2) is 0 Å². The van der Waals surface area contributed by atoms with Crippen molar-refractivity contribution < 1.29 is 4.79 Å². The van der Waals surface area contributed by atoms with Crippen LogP contribution in [0.4, 0.5) is 0 Å². The number of carbonyl (C=O) groups is 1. The van der Waals surface area contributed by atoms with Crippen LogP contribution in [0.3, 0.4) is 0 Å². The first-order chi connectivity index (χ1) is 12.2. The predicted molar refractivity (Wildman–Crippen MR) is 105 cm³/mol. The Morgan fingerprint density at radius 1 is 1.20 bits per heavy atom. The third-order valence-corrected chi connectivity index (χ3v) is 6.08. The van der Waals surface area contributed by atoms with E-state index in [9.17, 15) is 4.79 Å². The molecule has 25 heavy (non-hydrogen) atoms. The zero-order valence-electron chi connectivity index (χ0n) is 15.0. The summed E-state index contributed by atoms with van der Waals surface area (Å²) in [4.78, 5) is 16.2. The molecule has 1 atom stereocenters. The Hall–Kier alpha value is -1.65. The molecule has 4 heteroatoms. The van der Waals surface area contributed by atoms with E-state index < -0.39 is 0 Å². The highest BCUT2D eigenvalue weighted by Gasteiger charge is 2.25. The summed E-state index contributed by atoms with van der Waals surface area (Å²) >= 11 is 1.79. The molecule has 2 heterocycles. The fraction of sp³-hybridized carbons (Fsp3) is 0.476. The van der Waals surface area contributed by atoms with Gasteiger partial charge >= 0.3 is 0 Å². The molecule has 0 aliphatic carbocycles. The number of nitrogens with one attached hydrogen (secondary N) is 1. The predicted octanol–water partition coefficient (Wildman–Crippen LogP) is 4.27. The Balaban J connectivity index is 1.52. The van der Waals surface area contributed by atoms with Crippen LogP contribution in [0.25, 0.3) is 0 Å². The van der Waals surface area contributed by atoms with E-state index in [1.54, 1.807) is 11.3 Å². The number of carbonyl (C=O) groups excluding carboxylic acids is 1. The molecular formula is C21H28N2OS. The lowest BCUT2D eigenvalue weighted by molar-refractivity contribution is -0.121. The summed E-state index contributed by atoms with van der Waals surface area (Å²) < 4.78 is 0. The zero-order chi connectivity index (χ0) is 17.5. The van der Waals surface area contributed by atoms with E-state index in [4.69, 9.17) is 0 Å². The number of rotatable bonds is 7. The van der Waals surface area contributed by atoms with Gasteiger partial charge in [0, 0.05) is 17.8 Å². The molecule has 1 unspecified atom stereocenters. The summed E-state index contributed by atoms with van der Waals surface area (Å²) in [7, 11) is 0. The summed E-state index contributed by atoms with van der Waals surface area (Å²) in [6.07, 6.45) is 3.86. The SMILES string of the molecule is CC1CCN(C(CNC(=O)CCc2ccccc2)c2cccs2)CC1. The van der Waals surface area contributed by atoms with Gasteiger partial charge in [0.1, 0.15) is 0 Å². The molecule has 1 saturated heterocycles. The number of nitrogens with zero attached hydrogens (tertiary/aromatic N) is 1. The van der Waals surface area contributed by atoms with Crippen LogP contribution in [0.15, 0.2) is 47.8 Å². The van der Waals surface area contributed by atoms with Gasteiger partial charge in [-0.15, -0.1) is 11.3 Å². The largest absolute Gasteiger partial charge is 0.354 e. The van der Waals surface area contributed by atoms with Gasteiger partial charge in [-0.1, -0.05) is 43.3 Å². The van der Waals surface area contributed by atoms with Gasteiger partial charge in [0.2, 0.25) is 5.91 Å². The molecule has 134 valence electrons. The highest BCUT2D eigenvalue weighted by molar-refractivity contribution is 7.10. The highest BCUT2D eigenvalue weighted by Crippen LogP contribution is 2.29. The van der Waals surface area contributed by atoms with E-state index in [0.717, 1.165) is 25.4 Å². The maximum absolute atomic E-state index is 12.3. The Bertz CT molecular complexity index is 633. The average Bonchev–Trinajstić information content (AvgIpc) is 3.17. The smallest absolute Gasteiger partial charge is 0.220 e. The van der Waals surface area contributed by atoms with E-state index in [2.05, 4.69) is 46.8 Å². The fourth-order valence-electron chi connectivity index (χ4n) is 3.43. The Labute approximate surface area is 155 Å². The van der Waals surface area contributed by atoms with Gasteiger partial charge in [-0.2, -0.15) is 0 Å². The number of amides is 1. The van der Waals surface area contributed by atoms with Crippen LogP contribution in [0.5, 0.6) is 0 Å². The van der Waals surface area contributed by atoms with Crippen LogP contribution in [0, 0.1) is 5.92 Å². The standard InChI is InChI=1S/C21H28N2OS/c1-17-11-13-23(14-12-17)19(20-8-5-15-25-20)16-22-21(24)10-9-18-6-3-2-4-7-18/h2-8,15,17,19H,9-14,16H2,1H3,(H,22,24). The molecule has 2 aromatic rings. The van der Waals surface area contributed by atoms with E-state index in [1.165, 1.54) is 23.3 Å². The van der Waals surface area contributed by atoms with Gasteiger partial charge in [-0.25, -0.2) is 0 Å². The van der Waals surface area contributed by atoms with Crippen molar-refractivity contribution in [3.8, 4) is 0 Å². The molecule has 3 rings (SSSR count). The number of hydrogen-bond acceptors (Lipinski definition) is 3. The zero-order valence-corrected chi connectivity index (χ0v) is 15.8.